The van der Waals surface area contributed by atoms with Gasteiger partial charge in [0.1, 0.15) is 0 Å². The van der Waals surface area contributed by atoms with Gasteiger partial charge in [-0.1, -0.05) is 19.9 Å². The van der Waals surface area contributed by atoms with Gasteiger partial charge in [-0.3, -0.25) is 4.79 Å². The molecule has 0 aliphatic rings. The number of anilines is 1. The predicted molar refractivity (Wildman–Crippen MR) is 78.7 cm³/mol. The van der Waals surface area contributed by atoms with Crippen LogP contribution in [0.15, 0.2) is 24.3 Å². The van der Waals surface area contributed by atoms with Crippen molar-refractivity contribution in [1.29, 1.82) is 0 Å². The summed E-state index contributed by atoms with van der Waals surface area (Å²) in [6.45, 7) is 4.77. The number of rotatable bonds is 7. The van der Waals surface area contributed by atoms with Gasteiger partial charge in [0.2, 0.25) is 5.91 Å². The first-order chi connectivity index (χ1) is 9.34. The zero-order valence-corrected chi connectivity index (χ0v) is 12.0. The summed E-state index contributed by atoms with van der Waals surface area (Å²) in [6, 6.07) is 6.22. The lowest BCUT2D eigenvalue weighted by Gasteiger charge is -2.23. The summed E-state index contributed by atoms with van der Waals surface area (Å²) in [5.74, 6) is -1.12. The molecule has 5 nitrogen and oxygen atoms in total. The fourth-order valence-electron chi connectivity index (χ4n) is 1.92. The van der Waals surface area contributed by atoms with E-state index >= 15 is 0 Å². The van der Waals surface area contributed by atoms with E-state index in [0.717, 1.165) is 12.8 Å². The highest BCUT2D eigenvalue weighted by Gasteiger charge is 2.18. The Bertz CT molecular complexity index is 484. The van der Waals surface area contributed by atoms with Gasteiger partial charge in [0.15, 0.2) is 0 Å². The maximum absolute atomic E-state index is 11.9. The predicted octanol–water partition coefficient (Wildman–Crippen LogP) is 2.48. The number of aromatic carboxylic acids is 1. The molecule has 110 valence electrons. The molecule has 0 unspecified atom stereocenters. The van der Waals surface area contributed by atoms with E-state index in [0.29, 0.717) is 18.7 Å². The molecule has 0 aliphatic heterocycles. The number of hydrogen-bond donors (Lipinski definition) is 3. The lowest BCUT2D eigenvalue weighted by Crippen LogP contribution is -2.20. The fraction of sp³-hybridized carbons (Fsp3) is 0.467. The molecule has 5 heteroatoms. The Kier molecular flexibility index (Phi) is 5.70. The molecule has 0 spiro atoms. The Balaban J connectivity index is 2.54. The van der Waals surface area contributed by atoms with Crippen molar-refractivity contribution >= 4 is 17.6 Å². The normalized spacial score (nSPS) is 11.2. The quantitative estimate of drug-likeness (QED) is 0.714. The molecule has 0 bridgehead atoms. The van der Waals surface area contributed by atoms with Gasteiger partial charge < -0.3 is 16.2 Å². The minimum atomic E-state index is -1.01. The molecule has 1 aromatic rings. The van der Waals surface area contributed by atoms with Gasteiger partial charge in [0.25, 0.3) is 0 Å². The van der Waals surface area contributed by atoms with Crippen LogP contribution in [0.5, 0.6) is 0 Å². The molecule has 0 heterocycles. The van der Waals surface area contributed by atoms with Crippen LogP contribution in [0.3, 0.4) is 0 Å². The molecule has 0 aliphatic carbocycles. The Morgan fingerprint density at radius 2 is 2.00 bits per heavy atom. The first kappa shape index (κ1) is 16.2. The molecule has 20 heavy (non-hydrogen) atoms. The first-order valence-corrected chi connectivity index (χ1v) is 6.67. The standard InChI is InChI=1S/C15H22N2O3/c1-15(2,8-9-16)7-6-13(18)17-12-5-3-4-11(10-12)14(19)20/h3-5,10H,6-9,16H2,1-2H3,(H,17,18)(H,19,20). The number of hydrogen-bond acceptors (Lipinski definition) is 3. The summed E-state index contributed by atoms with van der Waals surface area (Å²) in [6.07, 6.45) is 2.01. The Morgan fingerprint density at radius 3 is 2.60 bits per heavy atom. The number of nitrogens with one attached hydrogen (secondary N) is 1. The van der Waals surface area contributed by atoms with Crippen LogP contribution in [0.1, 0.15) is 43.5 Å². The smallest absolute Gasteiger partial charge is 0.335 e. The number of benzene rings is 1. The second-order valence-corrected chi connectivity index (χ2v) is 5.64. The van der Waals surface area contributed by atoms with E-state index in [1.807, 2.05) is 0 Å². The summed E-state index contributed by atoms with van der Waals surface area (Å²) < 4.78 is 0. The summed E-state index contributed by atoms with van der Waals surface area (Å²) in [5, 5.41) is 11.6. The van der Waals surface area contributed by atoms with Gasteiger partial charge in [-0.05, 0) is 43.0 Å². The lowest BCUT2D eigenvalue weighted by atomic mass is 9.84. The third-order valence-corrected chi connectivity index (χ3v) is 3.24. The maximum atomic E-state index is 11.9. The second-order valence-electron chi connectivity index (χ2n) is 5.64. The number of nitrogens with two attached hydrogens (primary N) is 1. The monoisotopic (exact) mass is 278 g/mol. The van der Waals surface area contributed by atoms with Crippen LogP contribution in [0, 0.1) is 5.41 Å². The van der Waals surface area contributed by atoms with Crippen LogP contribution in [0.4, 0.5) is 5.69 Å². The van der Waals surface area contributed by atoms with Gasteiger partial charge in [-0.15, -0.1) is 0 Å². The summed E-state index contributed by atoms with van der Waals surface area (Å²) >= 11 is 0. The molecule has 1 rings (SSSR count). The fourth-order valence-corrected chi connectivity index (χ4v) is 1.92. The number of amides is 1. The van der Waals surface area contributed by atoms with E-state index in [4.69, 9.17) is 10.8 Å². The van der Waals surface area contributed by atoms with Crippen LogP contribution in [0.2, 0.25) is 0 Å². The molecule has 4 N–H and O–H groups in total. The highest BCUT2D eigenvalue weighted by Crippen LogP contribution is 2.26. The number of carboxylic acid groups (broad SMARTS) is 1. The molecular weight excluding hydrogens is 256 g/mol. The molecule has 1 aromatic carbocycles. The van der Waals surface area contributed by atoms with Gasteiger partial charge in [-0.25, -0.2) is 4.79 Å². The minimum Gasteiger partial charge on any atom is -0.478 e. The molecule has 1 amide bonds. The maximum Gasteiger partial charge on any atom is 0.335 e. The van der Waals surface area contributed by atoms with Crippen LogP contribution < -0.4 is 11.1 Å². The van der Waals surface area contributed by atoms with Crippen LogP contribution in [-0.4, -0.2) is 23.5 Å². The topological polar surface area (TPSA) is 92.4 Å². The molecule has 0 aromatic heterocycles. The average Bonchev–Trinajstić information content (AvgIpc) is 2.37. The largest absolute Gasteiger partial charge is 0.478 e. The SMILES string of the molecule is CC(C)(CCN)CCC(=O)Nc1cccc(C(=O)O)c1. The Hall–Kier alpha value is -1.88. The van der Waals surface area contributed by atoms with Crippen molar-refractivity contribution in [1.82, 2.24) is 0 Å². The average molecular weight is 278 g/mol. The van der Waals surface area contributed by atoms with E-state index in [-0.39, 0.29) is 16.9 Å². The summed E-state index contributed by atoms with van der Waals surface area (Å²) in [7, 11) is 0. The van der Waals surface area contributed by atoms with Crippen LogP contribution >= 0.6 is 0 Å². The van der Waals surface area contributed by atoms with Gasteiger partial charge >= 0.3 is 5.97 Å². The van der Waals surface area contributed by atoms with Crippen LogP contribution in [-0.2, 0) is 4.79 Å². The van der Waals surface area contributed by atoms with Crippen molar-refractivity contribution in [2.45, 2.75) is 33.1 Å². The Morgan fingerprint density at radius 1 is 1.30 bits per heavy atom. The molecule has 0 saturated heterocycles. The highest BCUT2D eigenvalue weighted by molar-refractivity contribution is 5.93. The number of carbonyl (C=O) groups excluding carboxylic acids is 1. The van der Waals surface area contributed by atoms with Crippen molar-refractivity contribution in [3.63, 3.8) is 0 Å². The molecular formula is C15H22N2O3. The first-order valence-electron chi connectivity index (χ1n) is 6.67. The number of carboxylic acids is 1. The van der Waals surface area contributed by atoms with Crippen molar-refractivity contribution in [3.05, 3.63) is 29.8 Å². The third kappa shape index (κ3) is 5.40. The van der Waals surface area contributed by atoms with Gasteiger partial charge in [-0.2, -0.15) is 0 Å². The second kappa shape index (κ2) is 7.05. The van der Waals surface area contributed by atoms with Crippen molar-refractivity contribution < 1.29 is 14.7 Å². The zero-order valence-electron chi connectivity index (χ0n) is 12.0. The minimum absolute atomic E-state index is 0.0367. The highest BCUT2D eigenvalue weighted by atomic mass is 16.4. The van der Waals surface area contributed by atoms with E-state index < -0.39 is 5.97 Å². The van der Waals surface area contributed by atoms with Crippen molar-refractivity contribution in [2.24, 2.45) is 11.1 Å². The molecule has 0 atom stereocenters. The van der Waals surface area contributed by atoms with Gasteiger partial charge in [0, 0.05) is 12.1 Å². The molecule has 0 fully saturated rings. The molecule has 0 saturated carbocycles. The van der Waals surface area contributed by atoms with E-state index in [2.05, 4.69) is 19.2 Å². The summed E-state index contributed by atoms with van der Waals surface area (Å²) in [4.78, 5) is 22.7. The zero-order chi connectivity index (χ0) is 15.2. The van der Waals surface area contributed by atoms with E-state index in [9.17, 15) is 9.59 Å². The van der Waals surface area contributed by atoms with Crippen molar-refractivity contribution in [3.8, 4) is 0 Å². The van der Waals surface area contributed by atoms with Crippen molar-refractivity contribution in [2.75, 3.05) is 11.9 Å². The summed E-state index contributed by atoms with van der Waals surface area (Å²) in [5.41, 5.74) is 6.23. The van der Waals surface area contributed by atoms with Crippen LogP contribution in [0.25, 0.3) is 0 Å². The number of carbonyl (C=O) groups is 2. The Labute approximate surface area is 119 Å². The third-order valence-electron chi connectivity index (χ3n) is 3.24. The molecule has 0 radical (unpaired) electrons. The van der Waals surface area contributed by atoms with Gasteiger partial charge in [0.05, 0.1) is 5.56 Å². The van der Waals surface area contributed by atoms with E-state index in [1.54, 1.807) is 12.1 Å². The van der Waals surface area contributed by atoms with E-state index in [1.165, 1.54) is 12.1 Å². The lowest BCUT2D eigenvalue weighted by molar-refractivity contribution is -0.116.